The largest absolute Gasteiger partial charge is 0.364 e. The zero-order valence-corrected chi connectivity index (χ0v) is 14.3. The van der Waals surface area contributed by atoms with Crippen LogP contribution in [-0.2, 0) is 17.8 Å². The molecule has 1 N–H and O–H groups in total. The van der Waals surface area contributed by atoms with Gasteiger partial charge in [0.15, 0.2) is 0 Å². The molecule has 3 rings (SSSR count). The second-order valence-electron chi connectivity index (χ2n) is 6.90. The molecule has 5 nitrogen and oxygen atoms in total. The Morgan fingerprint density at radius 1 is 1.21 bits per heavy atom. The third kappa shape index (κ3) is 4.23. The van der Waals surface area contributed by atoms with Crippen LogP contribution in [0.1, 0.15) is 25.1 Å². The number of rotatable bonds is 5. The Labute approximate surface area is 143 Å². The number of benzene rings is 1. The standard InChI is InChI=1S/C19H25N3O2/c1-14-11-22(13-16-6-4-3-5-7-16)12-15(2)19(14)20-18(23)10-17-8-9-24-21-17/h3-9,14-15,19H,10-13H2,1-2H3,(H,20,23)/t14-,15-/m0/s1. The molecule has 0 unspecified atom stereocenters. The first-order valence-corrected chi connectivity index (χ1v) is 8.56. The predicted octanol–water partition coefficient (Wildman–Crippen LogP) is 2.49. The number of hydrogen-bond acceptors (Lipinski definition) is 4. The quantitative estimate of drug-likeness (QED) is 0.917. The molecule has 1 saturated heterocycles. The van der Waals surface area contributed by atoms with Crippen molar-refractivity contribution >= 4 is 5.91 Å². The highest BCUT2D eigenvalue weighted by molar-refractivity contribution is 5.78. The van der Waals surface area contributed by atoms with Crippen LogP contribution in [0.25, 0.3) is 0 Å². The van der Waals surface area contributed by atoms with Gasteiger partial charge in [-0.2, -0.15) is 0 Å². The maximum Gasteiger partial charge on any atom is 0.226 e. The van der Waals surface area contributed by atoms with E-state index in [0.717, 1.165) is 19.6 Å². The SMILES string of the molecule is C[C@H]1CN(Cc2ccccc2)C[C@H](C)C1NC(=O)Cc1ccon1. The Hall–Kier alpha value is -2.14. The van der Waals surface area contributed by atoms with Crippen LogP contribution < -0.4 is 5.32 Å². The van der Waals surface area contributed by atoms with Gasteiger partial charge in [-0.3, -0.25) is 9.69 Å². The monoisotopic (exact) mass is 327 g/mol. The summed E-state index contributed by atoms with van der Waals surface area (Å²) in [5.74, 6) is 0.849. The molecule has 1 aromatic heterocycles. The number of carbonyl (C=O) groups excluding carboxylic acids is 1. The van der Waals surface area contributed by atoms with Gasteiger partial charge < -0.3 is 9.84 Å². The highest BCUT2D eigenvalue weighted by atomic mass is 16.5. The van der Waals surface area contributed by atoms with Crippen molar-refractivity contribution in [1.29, 1.82) is 0 Å². The molecule has 0 radical (unpaired) electrons. The number of carbonyl (C=O) groups is 1. The fraction of sp³-hybridized carbons (Fsp3) is 0.474. The minimum atomic E-state index is 0.0177. The second kappa shape index (κ2) is 7.62. The van der Waals surface area contributed by atoms with Crippen LogP contribution in [0.3, 0.4) is 0 Å². The highest BCUT2D eigenvalue weighted by Crippen LogP contribution is 2.23. The summed E-state index contributed by atoms with van der Waals surface area (Å²) in [6, 6.07) is 12.5. The molecule has 1 amide bonds. The lowest BCUT2D eigenvalue weighted by Crippen LogP contribution is -2.54. The molecule has 0 aliphatic carbocycles. The second-order valence-corrected chi connectivity index (χ2v) is 6.90. The zero-order valence-electron chi connectivity index (χ0n) is 14.3. The summed E-state index contributed by atoms with van der Waals surface area (Å²) in [4.78, 5) is 14.7. The molecule has 2 atom stereocenters. The Morgan fingerprint density at radius 3 is 2.54 bits per heavy atom. The molecule has 1 aliphatic rings. The van der Waals surface area contributed by atoms with E-state index in [-0.39, 0.29) is 18.4 Å². The van der Waals surface area contributed by atoms with Crippen molar-refractivity contribution in [3.63, 3.8) is 0 Å². The topological polar surface area (TPSA) is 58.4 Å². The average molecular weight is 327 g/mol. The van der Waals surface area contributed by atoms with E-state index in [4.69, 9.17) is 4.52 Å². The molecular weight excluding hydrogens is 302 g/mol. The number of likely N-dealkylation sites (tertiary alicyclic amines) is 1. The number of aromatic nitrogens is 1. The first kappa shape index (κ1) is 16.7. The lowest BCUT2D eigenvalue weighted by molar-refractivity contribution is -0.122. The Bertz CT molecular complexity index is 630. The number of hydrogen-bond donors (Lipinski definition) is 1. The fourth-order valence-corrected chi connectivity index (χ4v) is 3.66. The predicted molar refractivity (Wildman–Crippen MR) is 92.2 cm³/mol. The van der Waals surface area contributed by atoms with Gasteiger partial charge in [0.2, 0.25) is 5.91 Å². The molecule has 2 aromatic rings. The summed E-state index contributed by atoms with van der Waals surface area (Å²) >= 11 is 0. The van der Waals surface area contributed by atoms with E-state index in [9.17, 15) is 4.79 Å². The van der Waals surface area contributed by atoms with Gasteiger partial charge in [0, 0.05) is 31.7 Å². The van der Waals surface area contributed by atoms with Crippen molar-refractivity contribution in [2.45, 2.75) is 32.9 Å². The number of piperidine rings is 1. The van der Waals surface area contributed by atoms with E-state index in [1.165, 1.54) is 11.8 Å². The third-order valence-electron chi connectivity index (χ3n) is 4.73. The minimum absolute atomic E-state index is 0.0177. The number of nitrogens with zero attached hydrogens (tertiary/aromatic N) is 2. The van der Waals surface area contributed by atoms with Gasteiger partial charge in [0.05, 0.1) is 12.1 Å². The van der Waals surface area contributed by atoms with Crippen LogP contribution in [0, 0.1) is 11.8 Å². The molecule has 0 spiro atoms. The zero-order chi connectivity index (χ0) is 16.9. The molecule has 1 aromatic carbocycles. The van der Waals surface area contributed by atoms with Crippen molar-refractivity contribution in [3.8, 4) is 0 Å². The van der Waals surface area contributed by atoms with Gasteiger partial charge in [-0.25, -0.2) is 0 Å². The summed E-state index contributed by atoms with van der Waals surface area (Å²) in [6.45, 7) is 7.39. The molecule has 0 bridgehead atoms. The van der Waals surface area contributed by atoms with Crippen molar-refractivity contribution in [2.75, 3.05) is 13.1 Å². The summed E-state index contributed by atoms with van der Waals surface area (Å²) < 4.78 is 4.78. The van der Waals surface area contributed by atoms with Gasteiger partial charge in [0.1, 0.15) is 6.26 Å². The van der Waals surface area contributed by atoms with E-state index in [1.54, 1.807) is 6.07 Å². The van der Waals surface area contributed by atoms with E-state index >= 15 is 0 Å². The van der Waals surface area contributed by atoms with Gasteiger partial charge in [0.25, 0.3) is 0 Å². The maximum absolute atomic E-state index is 12.2. The maximum atomic E-state index is 12.2. The number of nitrogens with one attached hydrogen (secondary N) is 1. The van der Waals surface area contributed by atoms with Crippen molar-refractivity contribution < 1.29 is 9.32 Å². The number of amides is 1. The molecule has 5 heteroatoms. The molecule has 128 valence electrons. The Balaban J connectivity index is 1.54. The molecule has 0 saturated carbocycles. The molecule has 1 aliphatic heterocycles. The smallest absolute Gasteiger partial charge is 0.226 e. The van der Waals surface area contributed by atoms with Crippen molar-refractivity contribution in [1.82, 2.24) is 15.4 Å². The summed E-state index contributed by atoms with van der Waals surface area (Å²) in [5, 5.41) is 7.00. The van der Waals surface area contributed by atoms with E-state index in [0.29, 0.717) is 17.5 Å². The van der Waals surface area contributed by atoms with Crippen LogP contribution in [0.15, 0.2) is 47.2 Å². The van der Waals surface area contributed by atoms with E-state index < -0.39 is 0 Å². The summed E-state index contributed by atoms with van der Waals surface area (Å²) in [6.07, 6.45) is 1.77. The first-order valence-electron chi connectivity index (χ1n) is 8.56. The Morgan fingerprint density at radius 2 is 1.92 bits per heavy atom. The van der Waals surface area contributed by atoms with Gasteiger partial charge in [-0.15, -0.1) is 0 Å². The fourth-order valence-electron chi connectivity index (χ4n) is 3.66. The van der Waals surface area contributed by atoms with Crippen LogP contribution >= 0.6 is 0 Å². The van der Waals surface area contributed by atoms with E-state index in [1.807, 2.05) is 6.07 Å². The summed E-state index contributed by atoms with van der Waals surface area (Å²) in [7, 11) is 0. The highest BCUT2D eigenvalue weighted by Gasteiger charge is 2.32. The van der Waals surface area contributed by atoms with Crippen molar-refractivity contribution in [2.24, 2.45) is 11.8 Å². The molecular formula is C19H25N3O2. The van der Waals surface area contributed by atoms with Crippen molar-refractivity contribution in [3.05, 3.63) is 53.9 Å². The third-order valence-corrected chi connectivity index (χ3v) is 4.73. The van der Waals surface area contributed by atoms with E-state index in [2.05, 4.69) is 53.5 Å². The molecule has 1 fully saturated rings. The van der Waals surface area contributed by atoms with Crippen LogP contribution in [0.5, 0.6) is 0 Å². The van der Waals surface area contributed by atoms with Gasteiger partial charge in [-0.1, -0.05) is 49.3 Å². The average Bonchev–Trinajstić information content (AvgIpc) is 3.05. The summed E-state index contributed by atoms with van der Waals surface area (Å²) in [5.41, 5.74) is 2.01. The first-order chi connectivity index (χ1) is 11.6. The van der Waals surface area contributed by atoms with Crippen LogP contribution in [0.4, 0.5) is 0 Å². The molecule has 2 heterocycles. The van der Waals surface area contributed by atoms with Crippen LogP contribution in [0.2, 0.25) is 0 Å². The lowest BCUT2D eigenvalue weighted by atomic mass is 9.85. The normalized spacial score (nSPS) is 22.4. The van der Waals surface area contributed by atoms with Crippen LogP contribution in [-0.4, -0.2) is 35.1 Å². The Kier molecular flexibility index (Phi) is 5.30. The molecule has 24 heavy (non-hydrogen) atoms. The minimum Gasteiger partial charge on any atom is -0.364 e. The lowest BCUT2D eigenvalue weighted by Gasteiger charge is -2.41. The van der Waals surface area contributed by atoms with Gasteiger partial charge in [-0.05, 0) is 17.4 Å². The van der Waals surface area contributed by atoms with Gasteiger partial charge >= 0.3 is 0 Å².